The van der Waals surface area contributed by atoms with Crippen molar-refractivity contribution in [1.29, 1.82) is 0 Å². The Labute approximate surface area is 100 Å². The quantitative estimate of drug-likeness (QED) is 0.878. The third kappa shape index (κ3) is 2.85. The van der Waals surface area contributed by atoms with Crippen LogP contribution in [0.15, 0.2) is 34.9 Å². The molecule has 0 bridgehead atoms. The van der Waals surface area contributed by atoms with Gasteiger partial charge in [0, 0.05) is 24.1 Å². The average Bonchev–Trinajstić information content (AvgIpc) is 2.77. The number of methoxy groups -OCH3 is 1. The Hall–Kier alpha value is -1.81. The molecule has 1 unspecified atom stereocenters. The number of nitrogens with zero attached hydrogens (tertiary/aromatic N) is 1. The van der Waals surface area contributed by atoms with Gasteiger partial charge in [0.05, 0.1) is 12.8 Å². The molecule has 2 aromatic rings. The molecule has 0 amide bonds. The summed E-state index contributed by atoms with van der Waals surface area (Å²) in [6.45, 7) is 1.95. The molecule has 0 radical (unpaired) electrons. The van der Waals surface area contributed by atoms with Crippen LogP contribution in [0.5, 0.6) is 5.75 Å². The van der Waals surface area contributed by atoms with Crippen LogP contribution < -0.4 is 10.5 Å². The van der Waals surface area contributed by atoms with Crippen LogP contribution in [0.25, 0.3) is 11.3 Å². The Morgan fingerprint density at radius 3 is 2.65 bits per heavy atom. The zero-order valence-corrected chi connectivity index (χ0v) is 10.0. The summed E-state index contributed by atoms with van der Waals surface area (Å²) >= 11 is 0. The normalized spacial score (nSPS) is 12.4. The van der Waals surface area contributed by atoms with Crippen molar-refractivity contribution in [3.8, 4) is 17.1 Å². The Morgan fingerprint density at radius 2 is 2.06 bits per heavy atom. The van der Waals surface area contributed by atoms with Gasteiger partial charge in [0.2, 0.25) is 0 Å². The summed E-state index contributed by atoms with van der Waals surface area (Å²) in [4.78, 5) is 0. The first-order chi connectivity index (χ1) is 8.19. The van der Waals surface area contributed by atoms with E-state index in [1.165, 1.54) is 0 Å². The van der Waals surface area contributed by atoms with Crippen molar-refractivity contribution in [3.05, 3.63) is 36.0 Å². The predicted octanol–water partition coefficient (Wildman–Crippen LogP) is 2.24. The SMILES string of the molecule is COc1ccc(-c2cc(CC(C)N)no2)cc1. The number of benzene rings is 1. The maximum Gasteiger partial charge on any atom is 0.167 e. The molecule has 1 aromatic carbocycles. The highest BCUT2D eigenvalue weighted by Gasteiger charge is 2.08. The molecular weight excluding hydrogens is 216 g/mol. The topological polar surface area (TPSA) is 61.3 Å². The van der Waals surface area contributed by atoms with E-state index in [-0.39, 0.29) is 6.04 Å². The minimum Gasteiger partial charge on any atom is -0.497 e. The van der Waals surface area contributed by atoms with E-state index in [0.29, 0.717) is 0 Å². The van der Waals surface area contributed by atoms with Crippen molar-refractivity contribution in [2.45, 2.75) is 19.4 Å². The fraction of sp³-hybridized carbons (Fsp3) is 0.308. The number of nitrogens with two attached hydrogens (primary N) is 1. The molecule has 2 rings (SSSR count). The molecule has 0 aliphatic carbocycles. The third-order valence-electron chi connectivity index (χ3n) is 2.46. The van der Waals surface area contributed by atoms with E-state index in [1.54, 1.807) is 7.11 Å². The van der Waals surface area contributed by atoms with Crippen LogP contribution in [0.2, 0.25) is 0 Å². The maximum absolute atomic E-state index is 5.71. The van der Waals surface area contributed by atoms with Gasteiger partial charge in [0.25, 0.3) is 0 Å². The van der Waals surface area contributed by atoms with Crippen LogP contribution in [0.1, 0.15) is 12.6 Å². The second kappa shape index (κ2) is 5.01. The lowest BCUT2D eigenvalue weighted by Gasteiger charge is -1.99. The summed E-state index contributed by atoms with van der Waals surface area (Å²) in [6, 6.07) is 9.67. The number of aromatic nitrogens is 1. The Morgan fingerprint density at radius 1 is 1.35 bits per heavy atom. The third-order valence-corrected chi connectivity index (χ3v) is 2.46. The van der Waals surface area contributed by atoms with Crippen LogP contribution in [-0.4, -0.2) is 18.3 Å². The monoisotopic (exact) mass is 232 g/mol. The van der Waals surface area contributed by atoms with Crippen molar-refractivity contribution in [2.24, 2.45) is 5.73 Å². The molecule has 1 heterocycles. The van der Waals surface area contributed by atoms with E-state index in [9.17, 15) is 0 Å². The van der Waals surface area contributed by atoms with Gasteiger partial charge < -0.3 is 15.0 Å². The molecule has 0 saturated carbocycles. The van der Waals surface area contributed by atoms with Crippen molar-refractivity contribution >= 4 is 0 Å². The molecule has 0 spiro atoms. The number of ether oxygens (including phenoxy) is 1. The second-order valence-corrected chi connectivity index (χ2v) is 4.09. The summed E-state index contributed by atoms with van der Waals surface area (Å²) in [5.41, 5.74) is 7.57. The number of rotatable bonds is 4. The largest absolute Gasteiger partial charge is 0.497 e. The van der Waals surface area contributed by atoms with Gasteiger partial charge in [-0.25, -0.2) is 0 Å². The van der Waals surface area contributed by atoms with Crippen LogP contribution in [0, 0.1) is 0 Å². The molecule has 0 saturated heterocycles. The minimum absolute atomic E-state index is 0.0869. The first-order valence-corrected chi connectivity index (χ1v) is 5.54. The van der Waals surface area contributed by atoms with Gasteiger partial charge in [0.1, 0.15) is 5.75 Å². The lowest BCUT2D eigenvalue weighted by atomic mass is 10.1. The molecule has 4 heteroatoms. The summed E-state index contributed by atoms with van der Waals surface area (Å²) in [5.74, 6) is 1.58. The zero-order chi connectivity index (χ0) is 12.3. The highest BCUT2D eigenvalue weighted by atomic mass is 16.5. The van der Waals surface area contributed by atoms with E-state index < -0.39 is 0 Å². The van der Waals surface area contributed by atoms with Gasteiger partial charge in [-0.15, -0.1) is 0 Å². The second-order valence-electron chi connectivity index (χ2n) is 4.09. The fourth-order valence-corrected chi connectivity index (χ4v) is 1.63. The van der Waals surface area contributed by atoms with Crippen LogP contribution in [0.4, 0.5) is 0 Å². The predicted molar refractivity (Wildman–Crippen MR) is 65.8 cm³/mol. The highest BCUT2D eigenvalue weighted by molar-refractivity contribution is 5.58. The molecule has 1 aromatic heterocycles. The highest BCUT2D eigenvalue weighted by Crippen LogP contribution is 2.23. The number of hydrogen-bond acceptors (Lipinski definition) is 4. The van der Waals surface area contributed by atoms with Crippen LogP contribution >= 0.6 is 0 Å². The molecule has 4 nitrogen and oxygen atoms in total. The van der Waals surface area contributed by atoms with Gasteiger partial charge in [-0.05, 0) is 31.2 Å². The average molecular weight is 232 g/mol. The molecular formula is C13H16N2O2. The summed E-state index contributed by atoms with van der Waals surface area (Å²) in [7, 11) is 1.64. The van der Waals surface area contributed by atoms with Gasteiger partial charge in [0.15, 0.2) is 5.76 Å². The Bertz CT molecular complexity index is 474. The minimum atomic E-state index is 0.0869. The molecule has 90 valence electrons. The molecule has 1 atom stereocenters. The van der Waals surface area contributed by atoms with Gasteiger partial charge in [-0.3, -0.25) is 0 Å². The smallest absolute Gasteiger partial charge is 0.167 e. The molecule has 0 aliphatic heterocycles. The lowest BCUT2D eigenvalue weighted by Crippen LogP contribution is -2.17. The first-order valence-electron chi connectivity index (χ1n) is 5.54. The van der Waals surface area contributed by atoms with Gasteiger partial charge >= 0.3 is 0 Å². The first kappa shape index (κ1) is 11.7. The molecule has 0 aliphatic rings. The zero-order valence-electron chi connectivity index (χ0n) is 10.0. The summed E-state index contributed by atoms with van der Waals surface area (Å²) < 4.78 is 10.4. The lowest BCUT2D eigenvalue weighted by molar-refractivity contribution is 0.414. The van der Waals surface area contributed by atoms with E-state index in [1.807, 2.05) is 37.3 Å². The Balaban J connectivity index is 2.18. The summed E-state index contributed by atoms with van der Waals surface area (Å²) in [6.07, 6.45) is 0.722. The molecule has 0 fully saturated rings. The van der Waals surface area contributed by atoms with Crippen molar-refractivity contribution in [3.63, 3.8) is 0 Å². The standard InChI is InChI=1S/C13H16N2O2/c1-9(14)7-11-8-13(17-15-11)10-3-5-12(16-2)6-4-10/h3-6,8-9H,7,14H2,1-2H3. The molecule has 17 heavy (non-hydrogen) atoms. The fourth-order valence-electron chi connectivity index (χ4n) is 1.63. The van der Waals surface area contributed by atoms with Crippen molar-refractivity contribution < 1.29 is 9.26 Å². The van der Waals surface area contributed by atoms with Crippen molar-refractivity contribution in [2.75, 3.05) is 7.11 Å². The van der Waals surface area contributed by atoms with Crippen LogP contribution in [0.3, 0.4) is 0 Å². The van der Waals surface area contributed by atoms with Crippen molar-refractivity contribution in [1.82, 2.24) is 5.16 Å². The number of hydrogen-bond donors (Lipinski definition) is 1. The van der Waals surface area contributed by atoms with E-state index >= 15 is 0 Å². The molecule has 2 N–H and O–H groups in total. The summed E-state index contributed by atoms with van der Waals surface area (Å²) in [5, 5.41) is 3.99. The van der Waals surface area contributed by atoms with Crippen LogP contribution in [-0.2, 0) is 6.42 Å². The van der Waals surface area contributed by atoms with E-state index in [2.05, 4.69) is 5.16 Å². The van der Waals surface area contributed by atoms with E-state index in [4.69, 9.17) is 15.0 Å². The maximum atomic E-state index is 5.71. The van der Waals surface area contributed by atoms with E-state index in [0.717, 1.165) is 29.2 Å². The van der Waals surface area contributed by atoms with Gasteiger partial charge in [-0.1, -0.05) is 5.16 Å². The van der Waals surface area contributed by atoms with Gasteiger partial charge in [-0.2, -0.15) is 0 Å². The Kier molecular flexibility index (Phi) is 3.44.